The van der Waals surface area contributed by atoms with Gasteiger partial charge in [-0.2, -0.15) is 0 Å². The lowest BCUT2D eigenvalue weighted by atomic mass is 10.2. The van der Waals surface area contributed by atoms with Crippen LogP contribution >= 0.6 is 0 Å². The molecule has 1 amide bonds. The van der Waals surface area contributed by atoms with E-state index in [0.717, 1.165) is 5.82 Å². The number of rotatable bonds is 4. The minimum atomic E-state index is -0.240. The number of hydrogen-bond acceptors (Lipinski definition) is 5. The molecule has 0 radical (unpaired) electrons. The number of fused-ring (bicyclic) bond motifs is 1. The maximum atomic E-state index is 12.4. The molecule has 3 aromatic rings. The number of aryl methyl sites for hydroxylation is 1. The molecule has 23 heavy (non-hydrogen) atoms. The van der Waals surface area contributed by atoms with E-state index in [1.165, 1.54) is 0 Å². The summed E-state index contributed by atoms with van der Waals surface area (Å²) in [4.78, 5) is 12.4. The second-order valence-corrected chi connectivity index (χ2v) is 4.95. The Balaban J connectivity index is 1.89. The van der Waals surface area contributed by atoms with Gasteiger partial charge < -0.3 is 14.8 Å². The van der Waals surface area contributed by atoms with Crippen molar-refractivity contribution in [1.82, 2.24) is 14.6 Å². The van der Waals surface area contributed by atoms with Gasteiger partial charge in [-0.3, -0.25) is 9.20 Å². The van der Waals surface area contributed by atoms with Gasteiger partial charge in [-0.15, -0.1) is 10.2 Å². The Kier molecular flexibility index (Phi) is 3.84. The van der Waals surface area contributed by atoms with Gasteiger partial charge in [0.15, 0.2) is 5.65 Å². The van der Waals surface area contributed by atoms with Gasteiger partial charge in [0, 0.05) is 30.1 Å². The SMILES string of the molecule is COc1cc(NC(=O)c2ccc3nnc(C)n3c2)cc(OC)c1. The monoisotopic (exact) mass is 312 g/mol. The lowest BCUT2D eigenvalue weighted by Crippen LogP contribution is -2.13. The fraction of sp³-hybridized carbons (Fsp3) is 0.188. The second kappa shape index (κ2) is 5.96. The Hall–Kier alpha value is -3.09. The summed E-state index contributed by atoms with van der Waals surface area (Å²) in [5.41, 5.74) is 1.79. The number of aromatic nitrogens is 3. The minimum absolute atomic E-state index is 0.240. The standard InChI is InChI=1S/C16H16N4O3/c1-10-18-19-15-5-4-11(9-20(10)15)16(21)17-12-6-13(22-2)8-14(7-12)23-3/h4-9H,1-3H3,(H,17,21). The molecule has 2 aromatic heterocycles. The van der Waals surface area contributed by atoms with Crippen molar-refractivity contribution in [3.8, 4) is 11.5 Å². The second-order valence-electron chi connectivity index (χ2n) is 4.95. The van der Waals surface area contributed by atoms with Crippen molar-refractivity contribution in [1.29, 1.82) is 0 Å². The first-order chi connectivity index (χ1) is 11.1. The third kappa shape index (κ3) is 2.94. The first-order valence-electron chi connectivity index (χ1n) is 6.96. The first kappa shape index (κ1) is 14.8. The van der Waals surface area contributed by atoms with E-state index in [0.29, 0.717) is 28.4 Å². The number of pyridine rings is 1. The highest BCUT2D eigenvalue weighted by molar-refractivity contribution is 6.04. The molecule has 0 atom stereocenters. The molecule has 0 bridgehead atoms. The lowest BCUT2D eigenvalue weighted by molar-refractivity contribution is 0.102. The van der Waals surface area contributed by atoms with Crippen LogP contribution in [-0.4, -0.2) is 34.7 Å². The van der Waals surface area contributed by atoms with Crippen LogP contribution in [0.25, 0.3) is 5.65 Å². The van der Waals surface area contributed by atoms with Gasteiger partial charge in [0.1, 0.15) is 17.3 Å². The number of amides is 1. The van der Waals surface area contributed by atoms with Crippen molar-refractivity contribution in [2.24, 2.45) is 0 Å². The molecule has 0 aliphatic carbocycles. The largest absolute Gasteiger partial charge is 0.497 e. The number of nitrogens with one attached hydrogen (secondary N) is 1. The molecule has 0 saturated heterocycles. The van der Waals surface area contributed by atoms with E-state index in [1.54, 1.807) is 55.1 Å². The zero-order valence-corrected chi connectivity index (χ0v) is 13.0. The molecule has 2 heterocycles. The normalized spacial score (nSPS) is 10.6. The smallest absolute Gasteiger partial charge is 0.257 e. The third-order valence-corrected chi connectivity index (χ3v) is 3.44. The summed E-state index contributed by atoms with van der Waals surface area (Å²) in [5, 5.41) is 10.8. The Bertz CT molecular complexity index is 851. The van der Waals surface area contributed by atoms with Crippen molar-refractivity contribution in [2.45, 2.75) is 6.92 Å². The van der Waals surface area contributed by atoms with Crippen LogP contribution in [0.4, 0.5) is 5.69 Å². The predicted octanol–water partition coefficient (Wildman–Crippen LogP) is 2.31. The Morgan fingerprint density at radius 1 is 1.09 bits per heavy atom. The Morgan fingerprint density at radius 2 is 1.78 bits per heavy atom. The number of carbonyl (C=O) groups excluding carboxylic acids is 1. The molecule has 7 nitrogen and oxygen atoms in total. The van der Waals surface area contributed by atoms with E-state index in [4.69, 9.17) is 9.47 Å². The molecule has 0 aliphatic rings. The summed E-state index contributed by atoms with van der Waals surface area (Å²) in [6, 6.07) is 8.64. The maximum Gasteiger partial charge on any atom is 0.257 e. The summed E-state index contributed by atoms with van der Waals surface area (Å²) in [6.45, 7) is 1.83. The van der Waals surface area contributed by atoms with Crippen LogP contribution in [0.1, 0.15) is 16.2 Å². The molecular formula is C16H16N4O3. The highest BCUT2D eigenvalue weighted by Crippen LogP contribution is 2.26. The Labute approximate surface area is 132 Å². The number of methoxy groups -OCH3 is 2. The lowest BCUT2D eigenvalue weighted by Gasteiger charge is -2.10. The van der Waals surface area contributed by atoms with Gasteiger partial charge in [0.05, 0.1) is 19.8 Å². The van der Waals surface area contributed by atoms with Crippen LogP contribution in [0.5, 0.6) is 11.5 Å². The number of hydrogen-bond donors (Lipinski definition) is 1. The quantitative estimate of drug-likeness (QED) is 0.800. The van der Waals surface area contributed by atoms with Crippen LogP contribution in [0.2, 0.25) is 0 Å². The molecule has 118 valence electrons. The molecule has 1 N–H and O–H groups in total. The summed E-state index contributed by atoms with van der Waals surface area (Å²) >= 11 is 0. The molecule has 0 saturated carbocycles. The van der Waals surface area contributed by atoms with Crippen LogP contribution in [0, 0.1) is 6.92 Å². The molecule has 0 fully saturated rings. The van der Waals surface area contributed by atoms with Gasteiger partial charge in [-0.25, -0.2) is 0 Å². The van der Waals surface area contributed by atoms with Crippen molar-refractivity contribution < 1.29 is 14.3 Å². The number of nitrogens with zero attached hydrogens (tertiary/aromatic N) is 3. The van der Waals surface area contributed by atoms with Crippen molar-refractivity contribution in [3.63, 3.8) is 0 Å². The molecule has 0 unspecified atom stereocenters. The van der Waals surface area contributed by atoms with Crippen molar-refractivity contribution in [2.75, 3.05) is 19.5 Å². The summed E-state index contributed by atoms with van der Waals surface area (Å²) in [6.07, 6.45) is 1.71. The van der Waals surface area contributed by atoms with Crippen molar-refractivity contribution >= 4 is 17.2 Å². The van der Waals surface area contributed by atoms with Gasteiger partial charge in [-0.1, -0.05) is 0 Å². The molecular weight excluding hydrogens is 296 g/mol. The van der Waals surface area contributed by atoms with Crippen LogP contribution in [0.15, 0.2) is 36.5 Å². The van der Waals surface area contributed by atoms with Crippen LogP contribution < -0.4 is 14.8 Å². The van der Waals surface area contributed by atoms with Gasteiger partial charge >= 0.3 is 0 Å². The maximum absolute atomic E-state index is 12.4. The molecule has 3 rings (SSSR count). The highest BCUT2D eigenvalue weighted by atomic mass is 16.5. The average Bonchev–Trinajstić information content (AvgIpc) is 2.95. The number of ether oxygens (including phenoxy) is 2. The number of carbonyl (C=O) groups is 1. The summed E-state index contributed by atoms with van der Waals surface area (Å²) < 4.78 is 12.2. The van der Waals surface area contributed by atoms with Crippen LogP contribution in [0.3, 0.4) is 0 Å². The molecule has 1 aromatic carbocycles. The average molecular weight is 312 g/mol. The van der Waals surface area contributed by atoms with Gasteiger partial charge in [0.25, 0.3) is 5.91 Å². The molecule has 0 spiro atoms. The zero-order valence-electron chi connectivity index (χ0n) is 13.0. The van der Waals surface area contributed by atoms with E-state index in [1.807, 2.05) is 6.92 Å². The van der Waals surface area contributed by atoms with Crippen molar-refractivity contribution in [3.05, 3.63) is 47.9 Å². The molecule has 0 aliphatic heterocycles. The Morgan fingerprint density at radius 3 is 2.43 bits per heavy atom. The van der Waals surface area contributed by atoms with E-state index in [2.05, 4.69) is 15.5 Å². The minimum Gasteiger partial charge on any atom is -0.497 e. The van der Waals surface area contributed by atoms with Gasteiger partial charge in [0.2, 0.25) is 0 Å². The highest BCUT2D eigenvalue weighted by Gasteiger charge is 2.10. The van der Waals surface area contributed by atoms with E-state index < -0.39 is 0 Å². The first-order valence-corrected chi connectivity index (χ1v) is 6.96. The van der Waals surface area contributed by atoms with Gasteiger partial charge in [-0.05, 0) is 19.1 Å². The predicted molar refractivity (Wildman–Crippen MR) is 85.2 cm³/mol. The molecule has 7 heteroatoms. The van der Waals surface area contributed by atoms with Crippen LogP contribution in [-0.2, 0) is 0 Å². The fourth-order valence-corrected chi connectivity index (χ4v) is 2.22. The van der Waals surface area contributed by atoms with E-state index >= 15 is 0 Å². The zero-order chi connectivity index (χ0) is 16.4. The fourth-order valence-electron chi connectivity index (χ4n) is 2.22. The summed E-state index contributed by atoms with van der Waals surface area (Å²) in [5.74, 6) is 1.68. The number of anilines is 1. The summed E-state index contributed by atoms with van der Waals surface area (Å²) in [7, 11) is 3.12. The van der Waals surface area contributed by atoms with E-state index in [9.17, 15) is 4.79 Å². The topological polar surface area (TPSA) is 77.8 Å². The van der Waals surface area contributed by atoms with E-state index in [-0.39, 0.29) is 5.91 Å². The third-order valence-electron chi connectivity index (χ3n) is 3.44. The number of benzene rings is 1.